The van der Waals surface area contributed by atoms with Crippen molar-refractivity contribution in [3.05, 3.63) is 42.1 Å². The number of aryl methyl sites for hydroxylation is 2. The predicted molar refractivity (Wildman–Crippen MR) is 108 cm³/mol. The zero-order chi connectivity index (χ0) is 19.1. The highest BCUT2D eigenvalue weighted by molar-refractivity contribution is 5.87. The van der Waals surface area contributed by atoms with Crippen molar-refractivity contribution in [2.24, 2.45) is 0 Å². The predicted octanol–water partition coefficient (Wildman–Crippen LogP) is 3.10. The molecule has 0 amide bonds. The third-order valence-electron chi connectivity index (χ3n) is 4.34. The maximum absolute atomic E-state index is 5.84. The van der Waals surface area contributed by atoms with Crippen LogP contribution >= 0.6 is 0 Å². The zero-order valence-electron chi connectivity index (χ0n) is 15.9. The van der Waals surface area contributed by atoms with Crippen molar-refractivity contribution in [2.75, 3.05) is 37.9 Å². The van der Waals surface area contributed by atoms with Crippen LogP contribution in [0.5, 0.6) is 5.75 Å². The maximum Gasteiger partial charge on any atom is 0.222 e. The van der Waals surface area contributed by atoms with Gasteiger partial charge in [-0.15, -0.1) is 0 Å². The SMILES string of the molecule is CCOc1ccccc1CCCn1ccc2nc(N)nc(NCCOC)c21. The molecule has 7 nitrogen and oxygen atoms in total. The fourth-order valence-electron chi connectivity index (χ4n) is 3.15. The molecule has 0 saturated carbocycles. The average molecular weight is 369 g/mol. The highest BCUT2D eigenvalue weighted by Gasteiger charge is 2.11. The Morgan fingerprint density at radius 1 is 1.19 bits per heavy atom. The summed E-state index contributed by atoms with van der Waals surface area (Å²) >= 11 is 0. The quantitative estimate of drug-likeness (QED) is 0.534. The minimum atomic E-state index is 0.269. The summed E-state index contributed by atoms with van der Waals surface area (Å²) in [6.45, 7) is 4.80. The Bertz CT molecular complexity index is 878. The molecule has 2 heterocycles. The number of fused-ring (bicyclic) bond motifs is 1. The van der Waals surface area contributed by atoms with E-state index >= 15 is 0 Å². The van der Waals surface area contributed by atoms with Crippen molar-refractivity contribution in [2.45, 2.75) is 26.3 Å². The minimum absolute atomic E-state index is 0.269. The van der Waals surface area contributed by atoms with E-state index in [1.807, 2.05) is 31.3 Å². The molecule has 27 heavy (non-hydrogen) atoms. The van der Waals surface area contributed by atoms with Gasteiger partial charge in [0, 0.05) is 26.4 Å². The van der Waals surface area contributed by atoms with Gasteiger partial charge in [-0.3, -0.25) is 0 Å². The fraction of sp³-hybridized carbons (Fsp3) is 0.400. The number of benzene rings is 1. The number of ether oxygens (including phenoxy) is 2. The molecule has 0 atom stereocenters. The number of nitrogens with one attached hydrogen (secondary N) is 1. The lowest BCUT2D eigenvalue weighted by atomic mass is 10.1. The van der Waals surface area contributed by atoms with E-state index in [4.69, 9.17) is 15.2 Å². The van der Waals surface area contributed by atoms with E-state index in [0.29, 0.717) is 19.8 Å². The van der Waals surface area contributed by atoms with Crippen molar-refractivity contribution in [3.63, 3.8) is 0 Å². The molecule has 144 valence electrons. The topological polar surface area (TPSA) is 87.2 Å². The molecule has 3 N–H and O–H groups in total. The lowest BCUT2D eigenvalue weighted by Crippen LogP contribution is -2.12. The number of para-hydroxylation sites is 1. The van der Waals surface area contributed by atoms with E-state index in [0.717, 1.165) is 42.0 Å². The molecule has 1 aromatic carbocycles. The first-order chi connectivity index (χ1) is 13.2. The molecule has 0 fully saturated rings. The number of nitrogens with zero attached hydrogens (tertiary/aromatic N) is 3. The van der Waals surface area contributed by atoms with Gasteiger partial charge in [0.1, 0.15) is 11.3 Å². The molecule has 3 rings (SSSR count). The standard InChI is InChI=1S/C20H27N5O2/c1-3-27-17-9-5-4-7-15(17)8-6-12-25-13-10-16-18(25)19(22-11-14-26-2)24-20(21)23-16/h4-5,7,9-10,13H,3,6,8,11-12,14H2,1-2H3,(H3,21,22,23,24). The van der Waals surface area contributed by atoms with Gasteiger partial charge in [0.05, 0.1) is 18.7 Å². The first-order valence-electron chi connectivity index (χ1n) is 9.28. The highest BCUT2D eigenvalue weighted by atomic mass is 16.5. The molecule has 0 aliphatic carbocycles. The summed E-state index contributed by atoms with van der Waals surface area (Å²) in [7, 11) is 1.68. The van der Waals surface area contributed by atoms with Crippen molar-refractivity contribution in [3.8, 4) is 5.75 Å². The first-order valence-corrected chi connectivity index (χ1v) is 9.28. The van der Waals surface area contributed by atoms with Crippen molar-refractivity contribution >= 4 is 22.8 Å². The summed E-state index contributed by atoms with van der Waals surface area (Å²) in [5.74, 6) is 1.98. The van der Waals surface area contributed by atoms with Crippen LogP contribution in [0.15, 0.2) is 36.5 Å². The van der Waals surface area contributed by atoms with Crippen molar-refractivity contribution in [1.29, 1.82) is 0 Å². The van der Waals surface area contributed by atoms with Crippen molar-refractivity contribution in [1.82, 2.24) is 14.5 Å². The third kappa shape index (κ3) is 4.68. The van der Waals surface area contributed by atoms with E-state index in [1.165, 1.54) is 5.56 Å². The number of rotatable bonds is 10. The number of hydrogen-bond donors (Lipinski definition) is 2. The monoisotopic (exact) mass is 369 g/mol. The zero-order valence-corrected chi connectivity index (χ0v) is 15.9. The van der Waals surface area contributed by atoms with E-state index in [1.54, 1.807) is 7.11 Å². The van der Waals surface area contributed by atoms with Gasteiger partial charge in [0.15, 0.2) is 5.82 Å². The normalized spacial score (nSPS) is 11.0. The molecule has 2 aromatic heterocycles. The molecule has 7 heteroatoms. The highest BCUT2D eigenvalue weighted by Crippen LogP contribution is 2.24. The number of hydrogen-bond acceptors (Lipinski definition) is 6. The maximum atomic E-state index is 5.84. The summed E-state index contributed by atoms with van der Waals surface area (Å²) in [6, 6.07) is 10.2. The summed E-state index contributed by atoms with van der Waals surface area (Å²) < 4.78 is 13.0. The number of nitrogens with two attached hydrogens (primary N) is 1. The largest absolute Gasteiger partial charge is 0.494 e. The van der Waals surface area contributed by atoms with Crippen LogP contribution in [-0.4, -0.2) is 41.4 Å². The fourth-order valence-corrected chi connectivity index (χ4v) is 3.15. The van der Waals surface area contributed by atoms with Gasteiger partial charge in [-0.2, -0.15) is 4.98 Å². The van der Waals surface area contributed by atoms with Crippen molar-refractivity contribution < 1.29 is 9.47 Å². The number of aromatic nitrogens is 3. The van der Waals surface area contributed by atoms with Gasteiger partial charge >= 0.3 is 0 Å². The van der Waals surface area contributed by atoms with Gasteiger partial charge in [-0.25, -0.2) is 4.98 Å². The second kappa shape index (κ2) is 9.23. The molecular formula is C20H27N5O2. The number of methoxy groups -OCH3 is 1. The Balaban J connectivity index is 1.73. The van der Waals surface area contributed by atoms with E-state index < -0.39 is 0 Å². The molecule has 0 aliphatic rings. The molecule has 0 radical (unpaired) electrons. The third-order valence-corrected chi connectivity index (χ3v) is 4.34. The molecule has 0 spiro atoms. The van der Waals surface area contributed by atoms with Crippen LogP contribution in [0, 0.1) is 0 Å². The van der Waals surface area contributed by atoms with Crippen LogP contribution in [0.1, 0.15) is 18.9 Å². The van der Waals surface area contributed by atoms with Crippen LogP contribution in [0.4, 0.5) is 11.8 Å². The number of nitrogen functional groups attached to an aromatic ring is 1. The molecular weight excluding hydrogens is 342 g/mol. The second-order valence-electron chi connectivity index (χ2n) is 6.24. The summed E-state index contributed by atoms with van der Waals surface area (Å²) in [6.07, 6.45) is 3.96. The van der Waals surface area contributed by atoms with Crippen LogP contribution in [0.3, 0.4) is 0 Å². The van der Waals surface area contributed by atoms with E-state index in [9.17, 15) is 0 Å². The Hall–Kier alpha value is -2.80. The molecule has 0 saturated heterocycles. The van der Waals surface area contributed by atoms with Crippen LogP contribution in [-0.2, 0) is 17.7 Å². The lowest BCUT2D eigenvalue weighted by molar-refractivity contribution is 0.210. The minimum Gasteiger partial charge on any atom is -0.494 e. The van der Waals surface area contributed by atoms with E-state index in [-0.39, 0.29) is 5.95 Å². The summed E-state index contributed by atoms with van der Waals surface area (Å²) in [5.41, 5.74) is 8.89. The Kier molecular flexibility index (Phi) is 6.49. The van der Waals surface area contributed by atoms with Gasteiger partial charge in [0.25, 0.3) is 0 Å². The Morgan fingerprint density at radius 2 is 2.04 bits per heavy atom. The smallest absolute Gasteiger partial charge is 0.222 e. The Labute approximate surface area is 159 Å². The molecule has 0 bridgehead atoms. The average Bonchev–Trinajstić information content (AvgIpc) is 3.06. The first kappa shape index (κ1) is 19.0. The summed E-state index contributed by atoms with van der Waals surface area (Å²) in [5, 5.41) is 3.29. The molecule has 3 aromatic rings. The molecule has 0 aliphatic heterocycles. The molecule has 0 unspecified atom stereocenters. The summed E-state index contributed by atoms with van der Waals surface area (Å²) in [4.78, 5) is 8.71. The van der Waals surface area contributed by atoms with Gasteiger partial charge in [-0.1, -0.05) is 18.2 Å². The van der Waals surface area contributed by atoms with Gasteiger partial charge in [-0.05, 0) is 37.5 Å². The van der Waals surface area contributed by atoms with Gasteiger partial charge in [0.2, 0.25) is 5.95 Å². The van der Waals surface area contributed by atoms with Crippen LogP contribution in [0.25, 0.3) is 11.0 Å². The van der Waals surface area contributed by atoms with Gasteiger partial charge < -0.3 is 25.1 Å². The van der Waals surface area contributed by atoms with E-state index in [2.05, 4.69) is 32.0 Å². The van der Waals surface area contributed by atoms with Crippen LogP contribution < -0.4 is 15.8 Å². The number of anilines is 2. The second-order valence-corrected chi connectivity index (χ2v) is 6.24. The Morgan fingerprint density at radius 3 is 2.85 bits per heavy atom. The van der Waals surface area contributed by atoms with Crippen LogP contribution in [0.2, 0.25) is 0 Å². The lowest BCUT2D eigenvalue weighted by Gasteiger charge is -2.12.